The van der Waals surface area contributed by atoms with E-state index in [1.165, 1.54) is 16.8 Å². The summed E-state index contributed by atoms with van der Waals surface area (Å²) in [5.74, 6) is -0.388. The molecule has 3 N–H and O–H groups in total. The maximum Gasteiger partial charge on any atom is 0.429 e. The largest absolute Gasteiger partial charge is 0.465 e. The molecule has 2 aliphatic heterocycles. The second-order valence-corrected chi connectivity index (χ2v) is 12.5. The molecule has 14 heteroatoms. The highest BCUT2D eigenvalue weighted by Crippen LogP contribution is 2.43. The number of nitrogens with two attached hydrogens (primary N) is 1. The van der Waals surface area contributed by atoms with Gasteiger partial charge in [-0.15, -0.1) is 0 Å². The van der Waals surface area contributed by atoms with E-state index in [9.17, 15) is 18.0 Å². The number of aromatic nitrogens is 4. The number of anilines is 2. The summed E-state index contributed by atoms with van der Waals surface area (Å²) in [7, 11) is 0. The van der Waals surface area contributed by atoms with Gasteiger partial charge >= 0.3 is 12.1 Å². The van der Waals surface area contributed by atoms with E-state index >= 15 is 0 Å². The summed E-state index contributed by atoms with van der Waals surface area (Å²) in [5, 5.41) is 8.18. The summed E-state index contributed by atoms with van der Waals surface area (Å²) >= 11 is 6.20. The van der Waals surface area contributed by atoms with E-state index in [-0.39, 0.29) is 40.5 Å². The van der Waals surface area contributed by atoms with Crippen LogP contribution in [0.15, 0.2) is 60.8 Å². The number of nitrogen functional groups attached to an aromatic ring is 1. The van der Waals surface area contributed by atoms with Crippen molar-refractivity contribution in [2.24, 2.45) is 5.41 Å². The van der Waals surface area contributed by atoms with Crippen molar-refractivity contribution in [2.75, 3.05) is 36.9 Å². The Morgan fingerprint density at radius 2 is 1.89 bits per heavy atom. The summed E-state index contributed by atoms with van der Waals surface area (Å²) in [6.07, 6.45) is -3.44. The van der Waals surface area contributed by atoms with Crippen molar-refractivity contribution in [3.63, 3.8) is 0 Å². The molecule has 10 nitrogen and oxygen atoms in total. The number of alkyl halides is 3. The highest BCUT2D eigenvalue weighted by Gasteiger charge is 2.46. The molecule has 6 rings (SSSR count). The fourth-order valence-electron chi connectivity index (χ4n) is 6.36. The molecule has 0 bridgehead atoms. The quantitative estimate of drug-likeness (QED) is 0.216. The van der Waals surface area contributed by atoms with E-state index in [1.54, 1.807) is 56.4 Å². The zero-order valence-electron chi connectivity index (χ0n) is 25.9. The number of benzene rings is 2. The minimum atomic E-state index is -4.82. The van der Waals surface area contributed by atoms with E-state index in [0.29, 0.717) is 54.8 Å². The predicted octanol–water partition coefficient (Wildman–Crippen LogP) is 6.07. The molecule has 0 radical (unpaired) electrons. The molecule has 2 atom stereocenters. The standard InChI is InChI=1S/C33H35ClF3N7O3/c1-3-46-30(45)25-18-32(19-39-25)10-13-43(14-11-32)27-17-28(41-31(38)40-27)47-29(33(35,36)37)24-8-7-22(21-5-4-6-23(34)15-21)16-26(24)44-12-9-20(2)42-44/h4-9,12,15-17,25,29,39H,3,10-11,13-14,18-19H2,1-2H3,(H2,38,40,41)/t25-,29+/m0/s1. The number of halogens is 4. The number of esters is 1. The molecule has 2 aromatic carbocycles. The van der Waals surface area contributed by atoms with Crippen LogP contribution in [0.2, 0.25) is 5.02 Å². The van der Waals surface area contributed by atoms with Gasteiger partial charge in [-0.3, -0.25) is 4.79 Å². The van der Waals surface area contributed by atoms with Crippen LogP contribution in [0.1, 0.15) is 43.5 Å². The Hall–Kier alpha value is -4.36. The number of carbonyl (C=O) groups is 1. The molecular weight excluding hydrogens is 635 g/mol. The van der Waals surface area contributed by atoms with E-state index in [1.807, 2.05) is 11.0 Å². The molecule has 0 aliphatic carbocycles. The maximum atomic E-state index is 14.8. The molecule has 0 saturated carbocycles. The van der Waals surface area contributed by atoms with Gasteiger partial charge in [-0.2, -0.15) is 28.2 Å². The summed E-state index contributed by atoms with van der Waals surface area (Å²) < 4.78 is 56.7. The first-order valence-corrected chi connectivity index (χ1v) is 15.8. The average molecular weight is 670 g/mol. The Balaban J connectivity index is 1.27. The molecule has 1 spiro atoms. The normalized spacial score (nSPS) is 18.3. The SMILES string of the molecule is CCOC(=O)[C@@H]1CC2(CCN(c3cc(O[C@H](c4ccc(-c5cccc(Cl)c5)cc4-n4ccc(C)n4)C(F)(F)F)nc(N)n3)CC2)CN1. The van der Waals surface area contributed by atoms with Crippen molar-refractivity contribution < 1.29 is 27.4 Å². The third-order valence-corrected chi connectivity index (χ3v) is 9.00. The molecule has 2 saturated heterocycles. The van der Waals surface area contributed by atoms with Gasteiger partial charge < -0.3 is 25.4 Å². The summed E-state index contributed by atoms with van der Waals surface area (Å²) in [4.78, 5) is 22.6. The van der Waals surface area contributed by atoms with Gasteiger partial charge in [0.2, 0.25) is 17.9 Å². The number of hydrogen-bond donors (Lipinski definition) is 2. The highest BCUT2D eigenvalue weighted by atomic mass is 35.5. The Labute approximate surface area is 275 Å². The number of hydrogen-bond acceptors (Lipinski definition) is 9. The lowest BCUT2D eigenvalue weighted by Crippen LogP contribution is -2.41. The van der Waals surface area contributed by atoms with Gasteiger partial charge in [0.05, 0.1) is 18.0 Å². The van der Waals surface area contributed by atoms with Crippen molar-refractivity contribution in [3.8, 4) is 22.7 Å². The zero-order chi connectivity index (χ0) is 33.3. The van der Waals surface area contributed by atoms with Crippen LogP contribution in [0.25, 0.3) is 16.8 Å². The Morgan fingerprint density at radius 3 is 2.57 bits per heavy atom. The Morgan fingerprint density at radius 1 is 1.13 bits per heavy atom. The molecule has 4 heterocycles. The molecular formula is C33H35ClF3N7O3. The van der Waals surface area contributed by atoms with Gasteiger partial charge in [0, 0.05) is 42.5 Å². The number of nitrogens with zero attached hydrogens (tertiary/aromatic N) is 5. The van der Waals surface area contributed by atoms with E-state index in [2.05, 4.69) is 20.4 Å². The fraction of sp³-hybridized carbons (Fsp3) is 0.394. The van der Waals surface area contributed by atoms with Gasteiger partial charge in [0.1, 0.15) is 11.9 Å². The third kappa shape index (κ3) is 7.15. The van der Waals surface area contributed by atoms with Crippen LogP contribution in [-0.2, 0) is 9.53 Å². The second kappa shape index (κ2) is 13.0. The molecule has 2 aliphatic rings. The monoisotopic (exact) mass is 669 g/mol. The van der Waals surface area contributed by atoms with E-state index in [4.69, 9.17) is 26.8 Å². The average Bonchev–Trinajstić information content (AvgIpc) is 3.66. The maximum absolute atomic E-state index is 14.8. The predicted molar refractivity (Wildman–Crippen MR) is 172 cm³/mol. The van der Waals surface area contributed by atoms with Crippen LogP contribution in [0, 0.1) is 12.3 Å². The number of nitrogens with one attached hydrogen (secondary N) is 1. The van der Waals surface area contributed by atoms with Crippen molar-refractivity contribution in [3.05, 3.63) is 77.1 Å². The zero-order valence-corrected chi connectivity index (χ0v) is 26.7. The van der Waals surface area contributed by atoms with Crippen molar-refractivity contribution >= 4 is 29.3 Å². The lowest BCUT2D eigenvalue weighted by atomic mass is 9.76. The van der Waals surface area contributed by atoms with Crippen LogP contribution in [0.3, 0.4) is 0 Å². The van der Waals surface area contributed by atoms with Gasteiger partial charge in [-0.05, 0) is 73.9 Å². The van der Waals surface area contributed by atoms with Gasteiger partial charge in [0.15, 0.2) is 0 Å². The first-order valence-electron chi connectivity index (χ1n) is 15.4. The minimum absolute atomic E-state index is 0.0777. The number of aryl methyl sites for hydroxylation is 1. The fourth-order valence-corrected chi connectivity index (χ4v) is 6.55. The van der Waals surface area contributed by atoms with Gasteiger partial charge in [-0.1, -0.05) is 35.9 Å². The molecule has 0 amide bonds. The smallest absolute Gasteiger partial charge is 0.429 e. The van der Waals surface area contributed by atoms with Crippen LogP contribution in [0.4, 0.5) is 24.9 Å². The lowest BCUT2D eigenvalue weighted by Gasteiger charge is -2.39. The molecule has 0 unspecified atom stereocenters. The first-order chi connectivity index (χ1) is 22.4. The van der Waals surface area contributed by atoms with Crippen LogP contribution in [-0.4, -0.2) is 64.2 Å². The van der Waals surface area contributed by atoms with E-state index in [0.717, 1.165) is 18.4 Å². The number of piperidine rings is 1. The number of carbonyl (C=O) groups excluding carboxylic acids is 1. The number of ether oxygens (including phenoxy) is 2. The first kappa shape index (κ1) is 32.6. The Bertz CT molecular complexity index is 1760. The summed E-state index contributed by atoms with van der Waals surface area (Å²) in [6, 6.07) is 14.4. The molecule has 2 fully saturated rings. The number of rotatable bonds is 8. The Kier molecular flexibility index (Phi) is 9.03. The van der Waals surface area contributed by atoms with Gasteiger partial charge in [0.25, 0.3) is 0 Å². The van der Waals surface area contributed by atoms with Gasteiger partial charge in [-0.25, -0.2) is 4.68 Å². The molecule has 248 valence electrons. The molecule has 47 heavy (non-hydrogen) atoms. The lowest BCUT2D eigenvalue weighted by molar-refractivity contribution is -0.198. The molecule has 4 aromatic rings. The van der Waals surface area contributed by atoms with Crippen molar-refractivity contribution in [1.29, 1.82) is 0 Å². The third-order valence-electron chi connectivity index (χ3n) is 8.76. The van der Waals surface area contributed by atoms with Crippen LogP contribution >= 0.6 is 11.6 Å². The van der Waals surface area contributed by atoms with Crippen molar-refractivity contribution in [2.45, 2.75) is 51.4 Å². The molecule has 2 aromatic heterocycles. The minimum Gasteiger partial charge on any atom is -0.465 e. The van der Waals surface area contributed by atoms with E-state index < -0.39 is 12.3 Å². The summed E-state index contributed by atoms with van der Waals surface area (Å²) in [5.41, 5.74) is 7.99. The van der Waals surface area contributed by atoms with Crippen LogP contribution < -0.4 is 20.7 Å². The second-order valence-electron chi connectivity index (χ2n) is 12.0. The summed E-state index contributed by atoms with van der Waals surface area (Å²) in [6.45, 7) is 5.69. The van der Waals surface area contributed by atoms with Crippen LogP contribution in [0.5, 0.6) is 5.88 Å². The highest BCUT2D eigenvalue weighted by molar-refractivity contribution is 6.30. The van der Waals surface area contributed by atoms with Crippen molar-refractivity contribution in [1.82, 2.24) is 25.1 Å². The topological polar surface area (TPSA) is 120 Å².